The van der Waals surface area contributed by atoms with E-state index >= 15 is 0 Å². The number of amides is 3. The Labute approximate surface area is 220 Å². The molecule has 0 radical (unpaired) electrons. The molecule has 0 unspecified atom stereocenters. The van der Waals surface area contributed by atoms with Gasteiger partial charge in [-0.3, -0.25) is 14.6 Å². The topological polar surface area (TPSA) is 113 Å². The zero-order valence-electron chi connectivity index (χ0n) is 21.9. The van der Waals surface area contributed by atoms with Crippen LogP contribution in [0, 0.1) is 11.2 Å². The van der Waals surface area contributed by atoms with Gasteiger partial charge in [0.2, 0.25) is 5.91 Å². The van der Waals surface area contributed by atoms with Gasteiger partial charge in [0.15, 0.2) is 0 Å². The molecule has 202 valence electrons. The zero-order valence-corrected chi connectivity index (χ0v) is 21.9. The summed E-state index contributed by atoms with van der Waals surface area (Å²) in [7, 11) is 1.61. The zero-order chi connectivity index (χ0) is 27.5. The predicted octanol–water partition coefficient (Wildman–Crippen LogP) is 2.78. The third-order valence-corrected chi connectivity index (χ3v) is 6.35. The standard InChI is InChI=1S/C27H32FN5O5/c1-26(2,3)38-25(36)30-21(16-37-20-12-19(28)14-29-15-20)23(34)33-11-10-22-27(17-33,24(35)32(4)31-22)13-18-8-6-5-7-9-18/h5-9,12,14-15,21H,10-11,13,16-17H2,1-4H3,(H,30,36)/t21-,27-/m1/s1. The van der Waals surface area contributed by atoms with Gasteiger partial charge in [-0.25, -0.2) is 14.2 Å². The fraction of sp³-hybridized carbons (Fsp3) is 0.444. The molecule has 2 aromatic rings. The van der Waals surface area contributed by atoms with E-state index in [4.69, 9.17) is 9.47 Å². The molecule has 2 aliphatic rings. The van der Waals surface area contributed by atoms with E-state index in [2.05, 4.69) is 15.4 Å². The molecule has 0 aliphatic carbocycles. The van der Waals surface area contributed by atoms with Crippen molar-refractivity contribution in [3.8, 4) is 5.75 Å². The summed E-state index contributed by atoms with van der Waals surface area (Å²) in [5, 5.41) is 8.39. The molecule has 0 spiro atoms. The van der Waals surface area contributed by atoms with Crippen LogP contribution < -0.4 is 10.1 Å². The molecule has 1 N–H and O–H groups in total. The predicted molar refractivity (Wildman–Crippen MR) is 137 cm³/mol. The number of fused-ring (bicyclic) bond motifs is 1. The Balaban J connectivity index is 1.57. The summed E-state index contributed by atoms with van der Waals surface area (Å²) in [6.45, 7) is 5.23. The lowest BCUT2D eigenvalue weighted by Crippen LogP contribution is -2.60. The number of likely N-dealkylation sites (tertiary alicyclic amines) is 1. The van der Waals surface area contributed by atoms with Gasteiger partial charge in [-0.05, 0) is 32.8 Å². The van der Waals surface area contributed by atoms with Crippen molar-refractivity contribution in [1.29, 1.82) is 0 Å². The number of nitrogens with one attached hydrogen (secondary N) is 1. The van der Waals surface area contributed by atoms with Gasteiger partial charge in [-0.2, -0.15) is 5.10 Å². The maximum absolute atomic E-state index is 13.8. The van der Waals surface area contributed by atoms with Crippen LogP contribution >= 0.6 is 0 Å². The van der Waals surface area contributed by atoms with Crippen LogP contribution in [-0.4, -0.2) is 76.9 Å². The normalized spacial score (nSPS) is 19.9. The first-order valence-corrected chi connectivity index (χ1v) is 12.4. The van der Waals surface area contributed by atoms with Crippen molar-refractivity contribution in [1.82, 2.24) is 20.2 Å². The molecule has 10 nitrogen and oxygen atoms in total. The summed E-state index contributed by atoms with van der Waals surface area (Å²) in [4.78, 5) is 45.1. The van der Waals surface area contributed by atoms with E-state index in [1.807, 2.05) is 30.3 Å². The van der Waals surface area contributed by atoms with E-state index in [9.17, 15) is 18.8 Å². The number of alkyl carbamates (subject to hydrolysis) is 1. The Morgan fingerprint density at radius 2 is 1.95 bits per heavy atom. The highest BCUT2D eigenvalue weighted by Gasteiger charge is 2.54. The molecule has 3 heterocycles. The van der Waals surface area contributed by atoms with E-state index in [1.54, 1.807) is 32.7 Å². The number of hydrogen-bond acceptors (Lipinski definition) is 7. The quantitative estimate of drug-likeness (QED) is 0.595. The summed E-state index contributed by atoms with van der Waals surface area (Å²) < 4.78 is 24.6. The Morgan fingerprint density at radius 1 is 1.21 bits per heavy atom. The summed E-state index contributed by atoms with van der Waals surface area (Å²) >= 11 is 0. The van der Waals surface area contributed by atoms with Crippen molar-refractivity contribution >= 4 is 23.6 Å². The number of aromatic nitrogens is 1. The van der Waals surface area contributed by atoms with Crippen molar-refractivity contribution < 1.29 is 28.2 Å². The second-order valence-electron chi connectivity index (χ2n) is 10.5. The lowest BCUT2D eigenvalue weighted by atomic mass is 9.73. The highest BCUT2D eigenvalue weighted by molar-refractivity contribution is 6.13. The van der Waals surface area contributed by atoms with Crippen LogP contribution in [0.2, 0.25) is 0 Å². The molecule has 1 aromatic carbocycles. The smallest absolute Gasteiger partial charge is 0.408 e. The summed E-state index contributed by atoms with van der Waals surface area (Å²) in [6, 6.07) is 9.55. The number of benzene rings is 1. The monoisotopic (exact) mass is 525 g/mol. The van der Waals surface area contributed by atoms with E-state index < -0.39 is 34.9 Å². The third kappa shape index (κ3) is 6.09. The second-order valence-corrected chi connectivity index (χ2v) is 10.5. The number of ether oxygens (including phenoxy) is 2. The molecular formula is C27H32FN5O5. The molecule has 11 heteroatoms. The van der Waals surface area contributed by atoms with Crippen LogP contribution in [0.3, 0.4) is 0 Å². The maximum atomic E-state index is 13.8. The minimum absolute atomic E-state index is 0.0940. The van der Waals surface area contributed by atoms with Crippen LogP contribution in [0.15, 0.2) is 53.9 Å². The number of carbonyl (C=O) groups is 3. The molecular weight excluding hydrogens is 493 g/mol. The Hall–Kier alpha value is -4.02. The molecule has 1 aromatic heterocycles. The van der Waals surface area contributed by atoms with Gasteiger partial charge in [0.25, 0.3) is 5.91 Å². The highest BCUT2D eigenvalue weighted by Crippen LogP contribution is 2.38. The number of pyridine rings is 1. The first kappa shape index (κ1) is 27.0. The third-order valence-electron chi connectivity index (χ3n) is 6.35. The Kier molecular flexibility index (Phi) is 7.66. The van der Waals surface area contributed by atoms with Gasteiger partial charge < -0.3 is 19.7 Å². The first-order chi connectivity index (χ1) is 18.0. The average Bonchev–Trinajstić information content (AvgIpc) is 3.10. The van der Waals surface area contributed by atoms with Gasteiger partial charge in [0.05, 0.1) is 18.1 Å². The summed E-state index contributed by atoms with van der Waals surface area (Å²) in [6.07, 6.45) is 2.33. The van der Waals surface area contributed by atoms with Crippen LogP contribution in [0.1, 0.15) is 32.8 Å². The van der Waals surface area contributed by atoms with Crippen LogP contribution in [0.5, 0.6) is 5.75 Å². The molecule has 38 heavy (non-hydrogen) atoms. The largest absolute Gasteiger partial charge is 0.489 e. The van der Waals surface area contributed by atoms with Crippen LogP contribution in [0.25, 0.3) is 0 Å². The van der Waals surface area contributed by atoms with Gasteiger partial charge in [-0.1, -0.05) is 30.3 Å². The molecule has 4 rings (SSSR count). The maximum Gasteiger partial charge on any atom is 0.408 e. The van der Waals surface area contributed by atoms with Gasteiger partial charge in [-0.15, -0.1) is 0 Å². The van der Waals surface area contributed by atoms with Gasteiger partial charge in [0.1, 0.15) is 35.2 Å². The van der Waals surface area contributed by atoms with Crippen molar-refractivity contribution in [3.63, 3.8) is 0 Å². The summed E-state index contributed by atoms with van der Waals surface area (Å²) in [5.74, 6) is -1.13. The SMILES string of the molecule is CN1N=C2CCN(C(=O)[C@@H](COc3cncc(F)c3)NC(=O)OC(C)(C)C)C[C@@]2(Cc2ccccc2)C1=O. The molecule has 1 fully saturated rings. The molecule has 0 bridgehead atoms. The fourth-order valence-electron chi connectivity index (χ4n) is 4.71. The lowest BCUT2D eigenvalue weighted by molar-refractivity contribution is -0.141. The highest BCUT2D eigenvalue weighted by atomic mass is 19.1. The minimum atomic E-state index is -1.16. The molecule has 2 atom stereocenters. The second kappa shape index (κ2) is 10.8. The molecule has 0 saturated carbocycles. The van der Waals surface area contributed by atoms with Crippen molar-refractivity contribution in [2.24, 2.45) is 10.5 Å². The Morgan fingerprint density at radius 3 is 2.63 bits per heavy atom. The number of carbonyl (C=O) groups excluding carboxylic acids is 3. The number of nitrogens with zero attached hydrogens (tertiary/aromatic N) is 4. The molecule has 2 aliphatic heterocycles. The number of rotatable bonds is 7. The van der Waals surface area contributed by atoms with E-state index in [0.717, 1.165) is 23.5 Å². The van der Waals surface area contributed by atoms with E-state index in [0.29, 0.717) is 19.4 Å². The van der Waals surface area contributed by atoms with Crippen LogP contribution in [0.4, 0.5) is 9.18 Å². The Bertz CT molecular complexity index is 1230. The minimum Gasteiger partial charge on any atom is -0.489 e. The average molecular weight is 526 g/mol. The van der Waals surface area contributed by atoms with Crippen LogP contribution in [-0.2, 0) is 20.7 Å². The van der Waals surface area contributed by atoms with Gasteiger partial charge in [0, 0.05) is 32.6 Å². The number of piperidine rings is 1. The lowest BCUT2D eigenvalue weighted by Gasteiger charge is -2.40. The number of hydrogen-bond donors (Lipinski definition) is 1. The van der Waals surface area contributed by atoms with Gasteiger partial charge >= 0.3 is 6.09 Å². The van der Waals surface area contributed by atoms with Crippen molar-refractivity contribution in [2.75, 3.05) is 26.7 Å². The van der Waals surface area contributed by atoms with Crippen molar-refractivity contribution in [2.45, 2.75) is 45.3 Å². The fourth-order valence-corrected chi connectivity index (χ4v) is 4.71. The van der Waals surface area contributed by atoms with E-state index in [1.165, 1.54) is 11.2 Å². The van der Waals surface area contributed by atoms with Crippen molar-refractivity contribution in [3.05, 3.63) is 60.2 Å². The number of hydrazone groups is 1. The summed E-state index contributed by atoms with van der Waals surface area (Å²) in [5.41, 5.74) is -0.115. The first-order valence-electron chi connectivity index (χ1n) is 12.4. The van der Waals surface area contributed by atoms with E-state index in [-0.39, 0.29) is 24.8 Å². The number of halogens is 1. The molecule has 1 saturated heterocycles. The molecule has 3 amide bonds.